The molecule has 0 radical (unpaired) electrons. The average molecular weight is 773 g/mol. The number of hydrogen-bond donors (Lipinski definition) is 2. The first kappa shape index (κ1) is 44.9. The van der Waals surface area contributed by atoms with Crippen molar-refractivity contribution >= 4 is 21.4 Å². The first-order valence-electron chi connectivity index (χ1n) is 20.9. The molecular formula is C48H72N2O4S. The SMILES string of the molecule is C#C.C#C.C=CC.CC1(C)C(c2ccc(C(=O)O)cc2)=CC[C@@]2(C)C1CC[C@]1(C)C2CC[C@@H]2C3CCC[C@]3(NCCN3CCC(S(C)(=O)=O)CC3)CC[C@]21C. The Morgan fingerprint density at radius 3 is 2.07 bits per heavy atom. The number of carboxylic acid groups (broad SMARTS) is 1. The van der Waals surface area contributed by atoms with Gasteiger partial charge in [0, 0.05) is 24.9 Å². The summed E-state index contributed by atoms with van der Waals surface area (Å²) in [7, 11) is -2.93. The van der Waals surface area contributed by atoms with Crippen LogP contribution in [0, 0.1) is 71.0 Å². The van der Waals surface area contributed by atoms with Gasteiger partial charge in [-0.05, 0) is 159 Å². The Labute approximate surface area is 335 Å². The Hall–Kier alpha value is -2.84. The van der Waals surface area contributed by atoms with Crippen LogP contribution >= 0.6 is 0 Å². The molecule has 0 bridgehead atoms. The van der Waals surface area contributed by atoms with Gasteiger partial charge < -0.3 is 15.3 Å². The second kappa shape index (κ2) is 17.3. The summed E-state index contributed by atoms with van der Waals surface area (Å²) < 4.78 is 24.1. The van der Waals surface area contributed by atoms with Crippen LogP contribution in [0.5, 0.6) is 0 Å². The summed E-state index contributed by atoms with van der Waals surface area (Å²) in [5.74, 6) is 2.01. The van der Waals surface area contributed by atoms with Gasteiger partial charge in [0.25, 0.3) is 0 Å². The summed E-state index contributed by atoms with van der Waals surface area (Å²) in [6.07, 6.45) is 36.3. The zero-order valence-corrected chi connectivity index (χ0v) is 36.0. The Morgan fingerprint density at radius 1 is 0.873 bits per heavy atom. The molecule has 7 rings (SSSR count). The molecule has 5 fully saturated rings. The summed E-state index contributed by atoms with van der Waals surface area (Å²) >= 11 is 0. The fraction of sp³-hybridized carbons (Fsp3) is 0.688. The summed E-state index contributed by atoms with van der Waals surface area (Å²) in [4.78, 5) is 14.0. The van der Waals surface area contributed by atoms with Crippen molar-refractivity contribution in [2.75, 3.05) is 32.4 Å². The van der Waals surface area contributed by atoms with Gasteiger partial charge in [-0.1, -0.05) is 65.3 Å². The minimum atomic E-state index is -2.93. The number of sulfone groups is 1. The zero-order valence-electron chi connectivity index (χ0n) is 35.2. The maximum Gasteiger partial charge on any atom is 0.335 e. The van der Waals surface area contributed by atoms with Crippen LogP contribution < -0.4 is 5.32 Å². The molecule has 0 aromatic heterocycles. The van der Waals surface area contributed by atoms with E-state index < -0.39 is 15.8 Å². The van der Waals surface area contributed by atoms with Gasteiger partial charge in [-0.25, -0.2) is 13.2 Å². The van der Waals surface area contributed by atoms with Crippen molar-refractivity contribution in [3.63, 3.8) is 0 Å². The van der Waals surface area contributed by atoms with Crippen LogP contribution in [0.3, 0.4) is 0 Å². The molecule has 0 amide bonds. The topological polar surface area (TPSA) is 86.7 Å². The quantitative estimate of drug-likeness (QED) is 0.212. The Balaban J connectivity index is 0.000000904. The van der Waals surface area contributed by atoms with Crippen LogP contribution in [0.1, 0.15) is 135 Å². The maximum absolute atomic E-state index is 12.0. The van der Waals surface area contributed by atoms with Gasteiger partial charge in [0.15, 0.2) is 0 Å². The van der Waals surface area contributed by atoms with Crippen molar-refractivity contribution in [1.82, 2.24) is 10.2 Å². The normalized spacial score (nSPS) is 36.5. The summed E-state index contributed by atoms with van der Waals surface area (Å²) in [6, 6.07) is 7.60. The van der Waals surface area contributed by atoms with Gasteiger partial charge in [-0.15, -0.1) is 32.3 Å². The van der Waals surface area contributed by atoms with E-state index in [2.05, 4.69) is 83.2 Å². The molecule has 1 aromatic carbocycles. The first-order chi connectivity index (χ1) is 26.0. The fourth-order valence-corrected chi connectivity index (χ4v) is 14.9. The van der Waals surface area contributed by atoms with Crippen molar-refractivity contribution < 1.29 is 18.3 Å². The van der Waals surface area contributed by atoms with Crippen molar-refractivity contribution in [3.05, 3.63) is 54.1 Å². The number of carbonyl (C=O) groups is 1. The van der Waals surface area contributed by atoms with E-state index in [4.69, 9.17) is 0 Å². The third-order valence-corrected chi connectivity index (χ3v) is 18.1. The second-order valence-corrected chi connectivity index (χ2v) is 21.3. The molecule has 1 aromatic rings. The number of piperidine rings is 1. The van der Waals surface area contributed by atoms with Gasteiger partial charge in [0.05, 0.1) is 10.8 Å². The molecule has 7 heteroatoms. The molecule has 1 saturated heterocycles. The highest BCUT2D eigenvalue weighted by Gasteiger charge is 2.69. The molecule has 6 aliphatic rings. The predicted molar refractivity (Wildman–Crippen MR) is 230 cm³/mol. The van der Waals surface area contributed by atoms with Crippen molar-refractivity contribution in [2.45, 2.75) is 129 Å². The number of benzene rings is 1. The maximum atomic E-state index is 12.0. The van der Waals surface area contributed by atoms with E-state index in [0.29, 0.717) is 28.2 Å². The molecule has 6 nitrogen and oxygen atoms in total. The molecule has 2 N–H and O–H groups in total. The largest absolute Gasteiger partial charge is 0.478 e. The number of terminal acetylenes is 2. The lowest BCUT2D eigenvalue weighted by atomic mass is 9.33. The lowest BCUT2D eigenvalue weighted by Crippen LogP contribution is -2.67. The van der Waals surface area contributed by atoms with Crippen molar-refractivity contribution in [1.29, 1.82) is 0 Å². The lowest BCUT2D eigenvalue weighted by Gasteiger charge is -2.72. The average Bonchev–Trinajstić information content (AvgIpc) is 3.58. The molecule has 304 valence electrons. The second-order valence-electron chi connectivity index (χ2n) is 19.0. The van der Waals surface area contributed by atoms with Crippen molar-refractivity contribution in [3.8, 4) is 25.7 Å². The van der Waals surface area contributed by atoms with Crippen LogP contribution in [0.25, 0.3) is 5.57 Å². The van der Waals surface area contributed by atoms with Gasteiger partial charge in [-0.2, -0.15) is 0 Å². The standard InChI is InChI=1S/C41H62N2O4S.C3H6.2C2H2/c1-37(2)31(28-9-11-29(12-10-28)36(44)45)15-20-38(3)34(37)16-21-40(5)35(38)14-13-32-33-8-7-19-41(33,23-22-39(32,40)4)42-24-27-43-25-17-30(18-26-43)48(6,46)47;1-3-2;2*1-2/h9-12,15,30,32-35,42H,7-8,13-14,16-27H2,1-6H3,(H,44,45);3H,1H2,2H3;2*1-2H/t32-,33?,34?,35?,38+,39-,40-,41+;;;/m1.../s1. The number of fused-ring (bicyclic) bond motifs is 7. The minimum absolute atomic E-state index is 0.0357. The molecule has 1 heterocycles. The van der Waals surface area contributed by atoms with Gasteiger partial charge >= 0.3 is 5.97 Å². The molecule has 4 saturated carbocycles. The fourth-order valence-electron chi connectivity index (χ4n) is 13.8. The van der Waals surface area contributed by atoms with Crippen molar-refractivity contribution in [2.24, 2.45) is 45.3 Å². The smallest absolute Gasteiger partial charge is 0.335 e. The third kappa shape index (κ3) is 8.02. The number of nitrogens with zero attached hydrogens (tertiary/aromatic N) is 1. The number of aromatic carboxylic acids is 1. The highest BCUT2D eigenvalue weighted by atomic mass is 32.2. The number of allylic oxidation sites excluding steroid dienone is 3. The van der Waals surface area contributed by atoms with Crippen LogP contribution in [-0.2, 0) is 9.84 Å². The molecule has 5 aliphatic carbocycles. The zero-order chi connectivity index (χ0) is 41.0. The van der Waals surface area contributed by atoms with E-state index in [0.717, 1.165) is 57.3 Å². The van der Waals surface area contributed by atoms with E-state index in [1.807, 2.05) is 19.1 Å². The molecule has 55 heavy (non-hydrogen) atoms. The summed E-state index contributed by atoms with van der Waals surface area (Å²) in [5, 5.41) is 13.5. The summed E-state index contributed by atoms with van der Waals surface area (Å²) in [6.45, 7) is 22.1. The number of hydrogen-bond acceptors (Lipinski definition) is 5. The molecule has 3 unspecified atom stereocenters. The predicted octanol–water partition coefficient (Wildman–Crippen LogP) is 9.78. The molecule has 0 spiro atoms. The van der Waals surface area contributed by atoms with E-state index >= 15 is 0 Å². The molecule has 1 aliphatic heterocycles. The first-order valence-corrected chi connectivity index (χ1v) is 22.9. The van der Waals surface area contributed by atoms with Crippen LogP contribution in [-0.4, -0.2) is 67.6 Å². The Kier molecular flexibility index (Phi) is 14.1. The van der Waals surface area contributed by atoms with Crippen LogP contribution in [0.4, 0.5) is 0 Å². The number of carboxylic acids is 1. The monoisotopic (exact) mass is 773 g/mol. The summed E-state index contributed by atoms with van der Waals surface area (Å²) in [5.41, 5.74) is 4.23. The highest BCUT2D eigenvalue weighted by molar-refractivity contribution is 7.91. The highest BCUT2D eigenvalue weighted by Crippen LogP contribution is 2.76. The number of rotatable bonds is 7. The van der Waals surface area contributed by atoms with E-state index in [1.54, 1.807) is 18.2 Å². The Morgan fingerprint density at radius 2 is 1.49 bits per heavy atom. The number of nitrogens with one attached hydrogen (secondary N) is 1. The Bertz CT molecular complexity index is 1680. The van der Waals surface area contributed by atoms with Crippen LogP contribution in [0.15, 0.2) is 43.0 Å². The van der Waals surface area contributed by atoms with E-state index in [9.17, 15) is 18.3 Å². The van der Waals surface area contributed by atoms with Gasteiger partial charge in [0.1, 0.15) is 9.84 Å². The third-order valence-electron chi connectivity index (χ3n) is 16.4. The van der Waals surface area contributed by atoms with Crippen LogP contribution in [0.2, 0.25) is 0 Å². The lowest BCUT2D eigenvalue weighted by molar-refractivity contribution is -0.217. The molecule has 8 atom stereocenters. The van der Waals surface area contributed by atoms with E-state index in [-0.39, 0.29) is 21.6 Å². The molecular weight excluding hydrogens is 701 g/mol. The van der Waals surface area contributed by atoms with Gasteiger partial charge in [0.2, 0.25) is 0 Å². The number of likely N-dealkylation sites (tertiary alicyclic amines) is 1. The van der Waals surface area contributed by atoms with E-state index in [1.165, 1.54) is 75.2 Å². The minimum Gasteiger partial charge on any atom is -0.478 e. The van der Waals surface area contributed by atoms with Gasteiger partial charge in [-0.3, -0.25) is 0 Å².